The topological polar surface area (TPSA) is 79.4 Å². The van der Waals surface area contributed by atoms with Crippen molar-refractivity contribution in [3.8, 4) is 5.75 Å². The second-order valence-corrected chi connectivity index (χ2v) is 4.50. The molecule has 0 unspecified atom stereocenters. The van der Waals surface area contributed by atoms with Crippen LogP contribution in [0, 0.1) is 6.92 Å². The summed E-state index contributed by atoms with van der Waals surface area (Å²) in [5.74, 6) is 1.16. The highest BCUT2D eigenvalue weighted by molar-refractivity contribution is 6.03. The summed E-state index contributed by atoms with van der Waals surface area (Å²) in [4.78, 5) is 18.1. The minimum absolute atomic E-state index is 0.201. The van der Waals surface area contributed by atoms with Crippen LogP contribution >= 0.6 is 0 Å². The largest absolute Gasteiger partial charge is 0.492 e. The van der Waals surface area contributed by atoms with E-state index in [9.17, 15) is 4.79 Å². The lowest BCUT2D eigenvalue weighted by atomic mass is 10.0. The smallest absolute Gasteiger partial charge is 0.252 e. The number of para-hydroxylation sites is 1. The van der Waals surface area contributed by atoms with Crippen LogP contribution in [-0.2, 0) is 0 Å². The van der Waals surface area contributed by atoms with E-state index in [2.05, 4.69) is 20.5 Å². The van der Waals surface area contributed by atoms with Gasteiger partial charge in [-0.1, -0.05) is 12.1 Å². The zero-order valence-electron chi connectivity index (χ0n) is 11.0. The standard InChI is InChI=1S/C14H14N4O2/c1-9-8-13(19)16-14(15-9)18-17-11-6-7-20-12-5-3-2-4-10(11)12/h2-5,8H,6-7H2,1H3,(H2,15,16,18,19). The molecule has 102 valence electrons. The number of rotatable bonds is 2. The molecule has 0 atom stereocenters. The predicted molar refractivity (Wildman–Crippen MR) is 76.3 cm³/mol. The highest BCUT2D eigenvalue weighted by Crippen LogP contribution is 2.24. The van der Waals surface area contributed by atoms with E-state index in [4.69, 9.17) is 4.74 Å². The summed E-state index contributed by atoms with van der Waals surface area (Å²) in [6.07, 6.45) is 0.708. The SMILES string of the molecule is Cc1cc(=O)[nH]c(NN=C2CCOc3ccccc32)n1. The van der Waals surface area contributed by atoms with Crippen molar-refractivity contribution in [1.29, 1.82) is 0 Å². The van der Waals surface area contributed by atoms with Crippen LogP contribution < -0.4 is 15.7 Å². The van der Waals surface area contributed by atoms with Crippen molar-refractivity contribution in [2.75, 3.05) is 12.0 Å². The van der Waals surface area contributed by atoms with Crippen LogP contribution in [0.25, 0.3) is 0 Å². The average Bonchev–Trinajstić information content (AvgIpc) is 2.44. The zero-order valence-corrected chi connectivity index (χ0v) is 11.0. The lowest BCUT2D eigenvalue weighted by Crippen LogP contribution is -2.18. The van der Waals surface area contributed by atoms with Gasteiger partial charge in [0.1, 0.15) is 5.75 Å². The maximum absolute atomic E-state index is 11.4. The summed E-state index contributed by atoms with van der Waals surface area (Å²) in [6.45, 7) is 2.35. The molecule has 6 heteroatoms. The number of aromatic nitrogens is 2. The van der Waals surface area contributed by atoms with E-state index >= 15 is 0 Å². The van der Waals surface area contributed by atoms with Gasteiger partial charge in [0.15, 0.2) is 0 Å². The fourth-order valence-electron chi connectivity index (χ4n) is 2.09. The van der Waals surface area contributed by atoms with Crippen LogP contribution in [0.1, 0.15) is 17.7 Å². The first-order chi connectivity index (χ1) is 9.72. The number of aromatic amines is 1. The van der Waals surface area contributed by atoms with Gasteiger partial charge in [-0.05, 0) is 19.1 Å². The molecule has 0 saturated heterocycles. The van der Waals surface area contributed by atoms with Gasteiger partial charge in [0.05, 0.1) is 12.3 Å². The monoisotopic (exact) mass is 270 g/mol. The highest BCUT2D eigenvalue weighted by atomic mass is 16.5. The van der Waals surface area contributed by atoms with Crippen LogP contribution in [0.2, 0.25) is 0 Å². The Balaban J connectivity index is 1.88. The summed E-state index contributed by atoms with van der Waals surface area (Å²) < 4.78 is 5.56. The Morgan fingerprint density at radius 3 is 3.10 bits per heavy atom. The van der Waals surface area contributed by atoms with E-state index in [0.29, 0.717) is 24.7 Å². The minimum atomic E-state index is -0.201. The van der Waals surface area contributed by atoms with Crippen molar-refractivity contribution < 1.29 is 4.74 Å². The number of aryl methyl sites for hydroxylation is 1. The normalized spacial score (nSPS) is 15.6. The Morgan fingerprint density at radius 2 is 2.25 bits per heavy atom. The summed E-state index contributed by atoms with van der Waals surface area (Å²) in [5.41, 5.74) is 5.09. The van der Waals surface area contributed by atoms with Gasteiger partial charge in [0, 0.05) is 23.7 Å². The number of benzene rings is 1. The minimum Gasteiger partial charge on any atom is -0.492 e. The number of fused-ring (bicyclic) bond motifs is 1. The third-order valence-corrected chi connectivity index (χ3v) is 2.96. The molecule has 2 heterocycles. The molecule has 20 heavy (non-hydrogen) atoms. The lowest BCUT2D eigenvalue weighted by Gasteiger charge is -2.18. The second-order valence-electron chi connectivity index (χ2n) is 4.50. The molecule has 0 amide bonds. The summed E-state index contributed by atoms with van der Waals surface area (Å²) in [7, 11) is 0. The molecule has 2 aromatic rings. The molecule has 3 rings (SSSR count). The number of nitrogens with zero attached hydrogens (tertiary/aromatic N) is 2. The molecule has 0 aliphatic carbocycles. The number of hydrazone groups is 1. The van der Waals surface area contributed by atoms with Crippen molar-refractivity contribution >= 4 is 11.7 Å². The Hall–Kier alpha value is -2.63. The van der Waals surface area contributed by atoms with Crippen LogP contribution in [0.5, 0.6) is 5.75 Å². The van der Waals surface area contributed by atoms with Gasteiger partial charge < -0.3 is 4.74 Å². The number of anilines is 1. The number of hydrogen-bond donors (Lipinski definition) is 2. The maximum atomic E-state index is 11.4. The van der Waals surface area contributed by atoms with Crippen LogP contribution in [0.15, 0.2) is 40.2 Å². The third kappa shape index (κ3) is 2.54. The van der Waals surface area contributed by atoms with E-state index in [1.54, 1.807) is 6.92 Å². The molecule has 1 aromatic carbocycles. The Kier molecular flexibility index (Phi) is 3.20. The first-order valence-corrected chi connectivity index (χ1v) is 6.35. The predicted octanol–water partition coefficient (Wildman–Crippen LogP) is 1.68. The molecule has 0 spiro atoms. The molecule has 1 aliphatic rings. The van der Waals surface area contributed by atoms with Gasteiger partial charge in [-0.3, -0.25) is 9.78 Å². The first-order valence-electron chi connectivity index (χ1n) is 6.35. The fourth-order valence-corrected chi connectivity index (χ4v) is 2.09. The van der Waals surface area contributed by atoms with Crippen LogP contribution in [0.3, 0.4) is 0 Å². The van der Waals surface area contributed by atoms with E-state index in [-0.39, 0.29) is 5.56 Å². The van der Waals surface area contributed by atoms with E-state index in [1.165, 1.54) is 6.07 Å². The van der Waals surface area contributed by atoms with Gasteiger partial charge in [0.2, 0.25) is 5.95 Å². The van der Waals surface area contributed by atoms with Gasteiger partial charge in [-0.2, -0.15) is 5.10 Å². The summed E-state index contributed by atoms with van der Waals surface area (Å²) in [5, 5.41) is 4.33. The molecule has 0 bridgehead atoms. The molecular formula is C14H14N4O2. The Labute approximate surface area is 115 Å². The Morgan fingerprint density at radius 1 is 1.40 bits per heavy atom. The van der Waals surface area contributed by atoms with Crippen molar-refractivity contribution in [2.45, 2.75) is 13.3 Å². The van der Waals surface area contributed by atoms with Gasteiger partial charge in [0.25, 0.3) is 5.56 Å². The van der Waals surface area contributed by atoms with E-state index in [1.807, 2.05) is 24.3 Å². The van der Waals surface area contributed by atoms with Crippen molar-refractivity contribution in [1.82, 2.24) is 9.97 Å². The van der Waals surface area contributed by atoms with Crippen LogP contribution in [0.4, 0.5) is 5.95 Å². The molecule has 1 aromatic heterocycles. The van der Waals surface area contributed by atoms with Gasteiger partial charge in [-0.25, -0.2) is 10.4 Å². The fraction of sp³-hybridized carbons (Fsp3) is 0.214. The number of ether oxygens (including phenoxy) is 1. The molecule has 2 N–H and O–H groups in total. The molecule has 0 saturated carbocycles. The molecule has 0 fully saturated rings. The van der Waals surface area contributed by atoms with E-state index < -0.39 is 0 Å². The van der Waals surface area contributed by atoms with Gasteiger partial charge in [-0.15, -0.1) is 0 Å². The number of nitrogens with one attached hydrogen (secondary N) is 2. The van der Waals surface area contributed by atoms with E-state index in [0.717, 1.165) is 17.0 Å². The number of hydrogen-bond acceptors (Lipinski definition) is 5. The molecule has 1 aliphatic heterocycles. The van der Waals surface area contributed by atoms with Crippen molar-refractivity contribution in [3.05, 3.63) is 51.9 Å². The first kappa shape index (κ1) is 12.4. The van der Waals surface area contributed by atoms with Gasteiger partial charge >= 0.3 is 0 Å². The van der Waals surface area contributed by atoms with Crippen LogP contribution in [-0.4, -0.2) is 22.3 Å². The average molecular weight is 270 g/mol. The molecular weight excluding hydrogens is 256 g/mol. The molecule has 0 radical (unpaired) electrons. The second kappa shape index (κ2) is 5.16. The molecule has 6 nitrogen and oxygen atoms in total. The van der Waals surface area contributed by atoms with Crippen molar-refractivity contribution in [2.24, 2.45) is 5.10 Å². The number of H-pyrrole nitrogens is 1. The van der Waals surface area contributed by atoms with Crippen molar-refractivity contribution in [3.63, 3.8) is 0 Å². The third-order valence-electron chi connectivity index (χ3n) is 2.96. The maximum Gasteiger partial charge on any atom is 0.252 e. The zero-order chi connectivity index (χ0) is 13.9. The Bertz CT molecular complexity index is 721. The summed E-state index contributed by atoms with van der Waals surface area (Å²) >= 11 is 0. The quantitative estimate of drug-likeness (QED) is 0.814. The highest BCUT2D eigenvalue weighted by Gasteiger charge is 2.15. The summed E-state index contributed by atoms with van der Waals surface area (Å²) in [6, 6.07) is 9.17. The lowest BCUT2D eigenvalue weighted by molar-refractivity contribution is 0.320.